The Morgan fingerprint density at radius 1 is 1.10 bits per heavy atom. The molecule has 0 atom stereocenters. The third kappa shape index (κ3) is 3.66. The molecule has 0 fully saturated rings. The summed E-state index contributed by atoms with van der Waals surface area (Å²) in [5, 5.41) is 12.6. The molecule has 0 aliphatic carbocycles. The van der Waals surface area contributed by atoms with Gasteiger partial charge in [-0.15, -0.1) is 0 Å². The number of rotatable bonds is 5. The molecule has 148 valence electrons. The van der Waals surface area contributed by atoms with E-state index in [1.807, 2.05) is 49.0 Å². The van der Waals surface area contributed by atoms with Gasteiger partial charge in [0.05, 0.1) is 17.1 Å². The standard InChI is InChI=1S/C20H19ClN6O2/c1-13-11-15(26-10-9-14(2)22-26)7-8-19(13)29-12-16-17(21)5-4-6-18(16)27-20(28)25(3)23-24-27/h4-11H,12H2,1-3H3. The van der Waals surface area contributed by atoms with Crippen LogP contribution in [0.1, 0.15) is 16.8 Å². The molecule has 0 amide bonds. The van der Waals surface area contributed by atoms with E-state index >= 15 is 0 Å². The van der Waals surface area contributed by atoms with Crippen LogP contribution in [0.5, 0.6) is 5.75 Å². The first-order chi connectivity index (χ1) is 13.9. The molecule has 2 aromatic carbocycles. The smallest absolute Gasteiger partial charge is 0.368 e. The van der Waals surface area contributed by atoms with Gasteiger partial charge in [-0.05, 0) is 66.2 Å². The van der Waals surface area contributed by atoms with Gasteiger partial charge >= 0.3 is 5.69 Å². The summed E-state index contributed by atoms with van der Waals surface area (Å²) in [5.41, 5.74) is 3.70. The van der Waals surface area contributed by atoms with Gasteiger partial charge in [-0.3, -0.25) is 0 Å². The van der Waals surface area contributed by atoms with Gasteiger partial charge in [0.1, 0.15) is 12.4 Å². The first kappa shape index (κ1) is 18.9. The van der Waals surface area contributed by atoms with Gasteiger partial charge < -0.3 is 4.74 Å². The molecule has 29 heavy (non-hydrogen) atoms. The third-order valence-corrected chi connectivity index (χ3v) is 4.92. The van der Waals surface area contributed by atoms with E-state index in [-0.39, 0.29) is 12.3 Å². The van der Waals surface area contributed by atoms with Crippen LogP contribution in [0.3, 0.4) is 0 Å². The minimum Gasteiger partial charge on any atom is -0.488 e. The largest absolute Gasteiger partial charge is 0.488 e. The predicted molar refractivity (Wildman–Crippen MR) is 109 cm³/mol. The highest BCUT2D eigenvalue weighted by molar-refractivity contribution is 6.31. The van der Waals surface area contributed by atoms with Crippen LogP contribution in [0.2, 0.25) is 5.02 Å². The van der Waals surface area contributed by atoms with Gasteiger partial charge in [0.15, 0.2) is 0 Å². The van der Waals surface area contributed by atoms with Crippen LogP contribution >= 0.6 is 11.6 Å². The maximum absolute atomic E-state index is 12.2. The summed E-state index contributed by atoms with van der Waals surface area (Å²) < 4.78 is 10.2. The van der Waals surface area contributed by atoms with Gasteiger partial charge in [0, 0.05) is 23.8 Å². The zero-order valence-corrected chi connectivity index (χ0v) is 17.0. The number of halogens is 1. The minimum absolute atomic E-state index is 0.180. The molecular weight excluding hydrogens is 392 g/mol. The fourth-order valence-corrected chi connectivity index (χ4v) is 3.22. The quantitative estimate of drug-likeness (QED) is 0.505. The maximum atomic E-state index is 12.2. The number of benzene rings is 2. The zero-order valence-electron chi connectivity index (χ0n) is 16.2. The Morgan fingerprint density at radius 2 is 1.93 bits per heavy atom. The fraction of sp³-hybridized carbons (Fsp3) is 0.200. The molecular formula is C20H19ClN6O2. The molecule has 2 heterocycles. The predicted octanol–water partition coefficient (Wildman–Crippen LogP) is 3.00. The van der Waals surface area contributed by atoms with E-state index in [1.54, 1.807) is 25.2 Å². The van der Waals surface area contributed by atoms with Crippen molar-refractivity contribution in [3.05, 3.63) is 81.0 Å². The van der Waals surface area contributed by atoms with Crippen molar-refractivity contribution in [3.8, 4) is 17.1 Å². The number of aromatic nitrogens is 6. The van der Waals surface area contributed by atoms with Crippen molar-refractivity contribution < 1.29 is 4.74 Å². The van der Waals surface area contributed by atoms with Gasteiger partial charge in [-0.25, -0.2) is 9.48 Å². The Labute approximate surface area is 171 Å². The van der Waals surface area contributed by atoms with E-state index in [9.17, 15) is 4.79 Å². The minimum atomic E-state index is -0.358. The van der Waals surface area contributed by atoms with Gasteiger partial charge in [0.2, 0.25) is 0 Å². The molecule has 0 N–H and O–H groups in total. The van der Waals surface area contributed by atoms with E-state index in [4.69, 9.17) is 16.3 Å². The summed E-state index contributed by atoms with van der Waals surface area (Å²) in [6.07, 6.45) is 1.92. The van der Waals surface area contributed by atoms with Gasteiger partial charge in [0.25, 0.3) is 0 Å². The number of hydrogen-bond acceptors (Lipinski definition) is 5. The second-order valence-electron chi connectivity index (χ2n) is 6.67. The highest BCUT2D eigenvalue weighted by Gasteiger charge is 2.15. The van der Waals surface area contributed by atoms with Crippen molar-refractivity contribution in [2.75, 3.05) is 0 Å². The number of tetrazole rings is 1. The lowest BCUT2D eigenvalue weighted by Gasteiger charge is -2.14. The maximum Gasteiger partial charge on any atom is 0.368 e. The molecule has 0 saturated heterocycles. The van der Waals surface area contributed by atoms with Gasteiger partial charge in [-0.1, -0.05) is 17.7 Å². The third-order valence-electron chi connectivity index (χ3n) is 4.56. The average molecular weight is 411 g/mol. The van der Waals surface area contributed by atoms with Crippen molar-refractivity contribution in [2.24, 2.45) is 7.05 Å². The lowest BCUT2D eigenvalue weighted by molar-refractivity contribution is 0.303. The molecule has 0 aliphatic heterocycles. The van der Waals surface area contributed by atoms with Crippen molar-refractivity contribution in [1.29, 1.82) is 0 Å². The fourth-order valence-electron chi connectivity index (χ4n) is 3.00. The number of aryl methyl sites for hydroxylation is 3. The van der Waals surface area contributed by atoms with Crippen LogP contribution in [0, 0.1) is 13.8 Å². The number of ether oxygens (including phenoxy) is 1. The summed E-state index contributed by atoms with van der Waals surface area (Å²) in [6, 6.07) is 13.1. The highest BCUT2D eigenvalue weighted by atomic mass is 35.5. The molecule has 0 aliphatic rings. The monoisotopic (exact) mass is 410 g/mol. The van der Waals surface area contributed by atoms with Gasteiger partial charge in [-0.2, -0.15) is 14.5 Å². The highest BCUT2D eigenvalue weighted by Crippen LogP contribution is 2.26. The summed E-state index contributed by atoms with van der Waals surface area (Å²) in [4.78, 5) is 12.2. The van der Waals surface area contributed by atoms with E-state index in [1.165, 1.54) is 4.68 Å². The van der Waals surface area contributed by atoms with E-state index < -0.39 is 0 Å². The second kappa shape index (κ2) is 7.56. The number of nitrogens with zero attached hydrogens (tertiary/aromatic N) is 6. The SMILES string of the molecule is Cc1ccn(-c2ccc(OCc3c(Cl)cccc3-n3nnn(C)c3=O)c(C)c2)n1. The molecule has 8 nitrogen and oxygen atoms in total. The lowest BCUT2D eigenvalue weighted by Crippen LogP contribution is -2.23. The van der Waals surface area contributed by atoms with Crippen LogP contribution in [-0.2, 0) is 13.7 Å². The molecule has 0 radical (unpaired) electrons. The first-order valence-corrected chi connectivity index (χ1v) is 9.34. The molecule has 4 rings (SSSR count). The Morgan fingerprint density at radius 3 is 2.59 bits per heavy atom. The Balaban J connectivity index is 1.61. The van der Waals surface area contributed by atoms with Crippen molar-refractivity contribution >= 4 is 11.6 Å². The van der Waals surface area contributed by atoms with Crippen LogP contribution in [0.15, 0.2) is 53.5 Å². The molecule has 0 bridgehead atoms. The van der Waals surface area contributed by atoms with E-state index in [0.717, 1.165) is 27.4 Å². The Hall–Kier alpha value is -3.39. The van der Waals surface area contributed by atoms with E-state index in [2.05, 4.69) is 15.5 Å². The van der Waals surface area contributed by atoms with Crippen LogP contribution < -0.4 is 10.4 Å². The summed E-state index contributed by atoms with van der Waals surface area (Å²) in [6.45, 7) is 4.10. The van der Waals surface area contributed by atoms with Crippen molar-refractivity contribution in [3.63, 3.8) is 0 Å². The molecule has 4 aromatic rings. The summed E-state index contributed by atoms with van der Waals surface area (Å²) in [7, 11) is 1.54. The van der Waals surface area contributed by atoms with E-state index in [0.29, 0.717) is 16.3 Å². The molecule has 9 heteroatoms. The molecule has 2 aromatic heterocycles. The lowest BCUT2D eigenvalue weighted by atomic mass is 10.1. The van der Waals surface area contributed by atoms with Crippen molar-refractivity contribution in [1.82, 2.24) is 29.6 Å². The summed E-state index contributed by atoms with van der Waals surface area (Å²) >= 11 is 6.39. The number of hydrogen-bond donors (Lipinski definition) is 0. The topological polar surface area (TPSA) is 79.8 Å². The molecule has 0 unspecified atom stereocenters. The second-order valence-corrected chi connectivity index (χ2v) is 7.08. The van der Waals surface area contributed by atoms with Crippen molar-refractivity contribution in [2.45, 2.75) is 20.5 Å². The average Bonchev–Trinajstić information content (AvgIpc) is 3.27. The van der Waals surface area contributed by atoms with Crippen LogP contribution in [-0.4, -0.2) is 29.6 Å². The first-order valence-electron chi connectivity index (χ1n) is 8.97. The normalized spacial score (nSPS) is 11.0. The zero-order chi connectivity index (χ0) is 20.5. The molecule has 0 spiro atoms. The Bertz CT molecular complexity index is 1240. The summed E-state index contributed by atoms with van der Waals surface area (Å²) in [5.74, 6) is 0.718. The van der Waals surface area contributed by atoms with Crippen LogP contribution in [0.4, 0.5) is 0 Å². The van der Waals surface area contributed by atoms with Crippen LogP contribution in [0.25, 0.3) is 11.4 Å². The molecule has 0 saturated carbocycles. The Kier molecular flexibility index (Phi) is 4.94.